The van der Waals surface area contributed by atoms with Gasteiger partial charge >= 0.3 is 0 Å². The fourth-order valence-electron chi connectivity index (χ4n) is 2.29. The molecule has 0 aromatic heterocycles. The van der Waals surface area contributed by atoms with Crippen molar-refractivity contribution in [2.45, 2.75) is 25.3 Å². The molecule has 1 heterocycles. The van der Waals surface area contributed by atoms with Crippen LogP contribution in [0.15, 0.2) is 24.3 Å². The minimum absolute atomic E-state index is 0.0644. The van der Waals surface area contributed by atoms with Crippen molar-refractivity contribution >= 4 is 5.91 Å². The van der Waals surface area contributed by atoms with Crippen LogP contribution in [0.5, 0.6) is 5.75 Å². The summed E-state index contributed by atoms with van der Waals surface area (Å²) in [6.45, 7) is 1.81. The monoisotopic (exact) mass is 248 g/mol. The summed E-state index contributed by atoms with van der Waals surface area (Å²) >= 11 is 0. The van der Waals surface area contributed by atoms with E-state index < -0.39 is 0 Å². The molecule has 0 saturated carbocycles. The number of nitrogens with one attached hydrogen (secondary N) is 2. The second kappa shape index (κ2) is 6.40. The number of methoxy groups -OCH3 is 1. The average molecular weight is 248 g/mol. The zero-order valence-electron chi connectivity index (χ0n) is 10.7. The Hall–Kier alpha value is -1.55. The third-order valence-electron chi connectivity index (χ3n) is 3.29. The Morgan fingerprint density at radius 3 is 3.06 bits per heavy atom. The summed E-state index contributed by atoms with van der Waals surface area (Å²) in [5, 5.41) is 6.36. The van der Waals surface area contributed by atoms with Gasteiger partial charge in [0.1, 0.15) is 5.75 Å². The summed E-state index contributed by atoms with van der Waals surface area (Å²) in [6, 6.07) is 7.84. The molecule has 2 N–H and O–H groups in total. The number of carbonyl (C=O) groups excluding carboxylic acids is 1. The molecule has 18 heavy (non-hydrogen) atoms. The molecule has 4 heteroatoms. The van der Waals surface area contributed by atoms with Gasteiger partial charge in [0.2, 0.25) is 0 Å². The van der Waals surface area contributed by atoms with Crippen molar-refractivity contribution in [1.29, 1.82) is 0 Å². The quantitative estimate of drug-likeness (QED) is 0.831. The van der Waals surface area contributed by atoms with Gasteiger partial charge in [0.15, 0.2) is 0 Å². The number of carbonyl (C=O) groups is 1. The Morgan fingerprint density at radius 2 is 2.33 bits per heavy atom. The van der Waals surface area contributed by atoms with Crippen LogP contribution in [-0.4, -0.2) is 32.1 Å². The molecule has 0 aliphatic carbocycles. The van der Waals surface area contributed by atoms with E-state index in [1.165, 1.54) is 12.8 Å². The lowest BCUT2D eigenvalue weighted by Crippen LogP contribution is -2.30. The minimum Gasteiger partial charge on any atom is -0.496 e. The molecule has 1 aliphatic rings. The van der Waals surface area contributed by atoms with E-state index in [0.29, 0.717) is 23.9 Å². The molecular weight excluding hydrogens is 228 g/mol. The molecule has 0 bridgehead atoms. The highest BCUT2D eigenvalue weighted by Gasteiger charge is 2.15. The molecule has 1 fully saturated rings. The second-order valence-corrected chi connectivity index (χ2v) is 4.54. The van der Waals surface area contributed by atoms with Crippen molar-refractivity contribution in [2.75, 3.05) is 20.2 Å². The summed E-state index contributed by atoms with van der Waals surface area (Å²) in [4.78, 5) is 12.0. The summed E-state index contributed by atoms with van der Waals surface area (Å²) in [6.07, 6.45) is 3.44. The van der Waals surface area contributed by atoms with E-state index in [1.807, 2.05) is 12.1 Å². The fraction of sp³-hybridized carbons (Fsp3) is 0.500. The third-order valence-corrected chi connectivity index (χ3v) is 3.29. The minimum atomic E-state index is -0.0644. The number of benzene rings is 1. The molecule has 1 aromatic carbocycles. The lowest BCUT2D eigenvalue weighted by Gasteiger charge is -2.12. The van der Waals surface area contributed by atoms with E-state index >= 15 is 0 Å². The van der Waals surface area contributed by atoms with Gasteiger partial charge in [-0.3, -0.25) is 4.79 Å². The standard InChI is InChI=1S/C14H20N2O2/c1-18-13-7-3-2-6-12(13)14(17)16-10-8-11-5-4-9-15-11/h2-3,6-7,11,15H,4-5,8-10H2,1H3,(H,16,17)/t11-/m0/s1. The summed E-state index contributed by atoms with van der Waals surface area (Å²) in [5.41, 5.74) is 0.597. The van der Waals surface area contributed by atoms with E-state index in [0.717, 1.165) is 13.0 Å². The molecule has 0 unspecified atom stereocenters. The van der Waals surface area contributed by atoms with Crippen molar-refractivity contribution in [3.63, 3.8) is 0 Å². The van der Waals surface area contributed by atoms with Gasteiger partial charge in [0, 0.05) is 12.6 Å². The normalized spacial score (nSPS) is 18.6. The van der Waals surface area contributed by atoms with Gasteiger partial charge in [-0.2, -0.15) is 0 Å². The van der Waals surface area contributed by atoms with Crippen LogP contribution in [0.25, 0.3) is 0 Å². The molecule has 1 amide bonds. The zero-order chi connectivity index (χ0) is 12.8. The van der Waals surface area contributed by atoms with Crippen molar-refractivity contribution in [3.05, 3.63) is 29.8 Å². The predicted molar refractivity (Wildman–Crippen MR) is 71.0 cm³/mol. The zero-order valence-corrected chi connectivity index (χ0v) is 10.7. The van der Waals surface area contributed by atoms with Crippen LogP contribution >= 0.6 is 0 Å². The van der Waals surface area contributed by atoms with Crippen molar-refractivity contribution < 1.29 is 9.53 Å². The number of hydrogen-bond donors (Lipinski definition) is 2. The topological polar surface area (TPSA) is 50.4 Å². The molecular formula is C14H20N2O2. The number of para-hydroxylation sites is 1. The van der Waals surface area contributed by atoms with Crippen molar-refractivity contribution in [2.24, 2.45) is 0 Å². The smallest absolute Gasteiger partial charge is 0.255 e. The maximum Gasteiger partial charge on any atom is 0.255 e. The Balaban J connectivity index is 1.83. The maximum absolute atomic E-state index is 12.0. The SMILES string of the molecule is COc1ccccc1C(=O)NCC[C@@H]1CCCN1. The predicted octanol–water partition coefficient (Wildman–Crippen LogP) is 1.57. The molecule has 2 rings (SSSR count). The van der Waals surface area contributed by atoms with Crippen LogP contribution in [0, 0.1) is 0 Å². The van der Waals surface area contributed by atoms with Gasteiger partial charge in [-0.1, -0.05) is 12.1 Å². The number of hydrogen-bond acceptors (Lipinski definition) is 3. The van der Waals surface area contributed by atoms with Gasteiger partial charge in [-0.25, -0.2) is 0 Å². The third kappa shape index (κ3) is 3.23. The number of ether oxygens (including phenoxy) is 1. The average Bonchev–Trinajstić information content (AvgIpc) is 2.91. The first-order chi connectivity index (χ1) is 8.81. The highest BCUT2D eigenvalue weighted by Crippen LogP contribution is 2.16. The van der Waals surface area contributed by atoms with E-state index in [9.17, 15) is 4.79 Å². The highest BCUT2D eigenvalue weighted by molar-refractivity contribution is 5.96. The van der Waals surface area contributed by atoms with Crippen LogP contribution in [-0.2, 0) is 0 Å². The fourth-order valence-corrected chi connectivity index (χ4v) is 2.29. The highest BCUT2D eigenvalue weighted by atomic mass is 16.5. The molecule has 1 atom stereocenters. The Morgan fingerprint density at radius 1 is 1.50 bits per heavy atom. The van der Waals surface area contributed by atoms with Crippen LogP contribution in [0.2, 0.25) is 0 Å². The summed E-state index contributed by atoms with van der Waals surface area (Å²) in [5.74, 6) is 0.555. The molecule has 0 spiro atoms. The van der Waals surface area contributed by atoms with E-state index in [-0.39, 0.29) is 5.91 Å². The first-order valence-electron chi connectivity index (χ1n) is 6.46. The van der Waals surface area contributed by atoms with Gasteiger partial charge in [-0.15, -0.1) is 0 Å². The molecule has 1 aliphatic heterocycles. The molecule has 1 saturated heterocycles. The molecule has 98 valence electrons. The van der Waals surface area contributed by atoms with Crippen molar-refractivity contribution in [1.82, 2.24) is 10.6 Å². The van der Waals surface area contributed by atoms with Gasteiger partial charge in [0.25, 0.3) is 5.91 Å². The van der Waals surface area contributed by atoms with E-state index in [4.69, 9.17) is 4.74 Å². The lowest BCUT2D eigenvalue weighted by atomic mass is 10.1. The van der Waals surface area contributed by atoms with Crippen LogP contribution in [0.4, 0.5) is 0 Å². The molecule has 0 radical (unpaired) electrons. The van der Waals surface area contributed by atoms with E-state index in [2.05, 4.69) is 10.6 Å². The maximum atomic E-state index is 12.0. The van der Waals surface area contributed by atoms with Gasteiger partial charge in [0.05, 0.1) is 12.7 Å². The largest absolute Gasteiger partial charge is 0.496 e. The second-order valence-electron chi connectivity index (χ2n) is 4.54. The van der Waals surface area contributed by atoms with Crippen LogP contribution in [0.3, 0.4) is 0 Å². The molecule has 4 nitrogen and oxygen atoms in total. The Kier molecular flexibility index (Phi) is 4.59. The van der Waals surface area contributed by atoms with Gasteiger partial charge in [-0.05, 0) is 37.9 Å². The van der Waals surface area contributed by atoms with Crippen LogP contribution in [0.1, 0.15) is 29.6 Å². The van der Waals surface area contributed by atoms with E-state index in [1.54, 1.807) is 19.2 Å². The van der Waals surface area contributed by atoms with Gasteiger partial charge < -0.3 is 15.4 Å². The number of amides is 1. The first-order valence-corrected chi connectivity index (χ1v) is 6.46. The van der Waals surface area contributed by atoms with Crippen molar-refractivity contribution in [3.8, 4) is 5.75 Å². The number of rotatable bonds is 5. The lowest BCUT2D eigenvalue weighted by molar-refractivity contribution is 0.0949. The summed E-state index contributed by atoms with van der Waals surface area (Å²) < 4.78 is 5.17. The molecule has 1 aromatic rings. The van der Waals surface area contributed by atoms with Crippen LogP contribution < -0.4 is 15.4 Å². The first kappa shape index (κ1) is 12.9. The Labute approximate surface area is 108 Å². The summed E-state index contributed by atoms with van der Waals surface area (Å²) in [7, 11) is 1.58. The Bertz CT molecular complexity index is 401.